The van der Waals surface area contributed by atoms with Gasteiger partial charge in [0, 0.05) is 43.5 Å². The van der Waals surface area contributed by atoms with Gasteiger partial charge in [-0.3, -0.25) is 0 Å². The van der Waals surface area contributed by atoms with Crippen molar-refractivity contribution in [2.75, 3.05) is 42.9 Å². The third kappa shape index (κ3) is 5.70. The summed E-state index contributed by atoms with van der Waals surface area (Å²) in [6.45, 7) is 13.3. The average Bonchev–Trinajstić information content (AvgIpc) is 3.23. The molecular weight excluding hydrogens is 455 g/mol. The summed E-state index contributed by atoms with van der Waals surface area (Å²) in [6, 6.07) is 15.9. The first-order valence-corrected chi connectivity index (χ1v) is 12.9. The highest BCUT2D eigenvalue weighted by molar-refractivity contribution is 5.89. The van der Waals surface area contributed by atoms with E-state index < -0.39 is 0 Å². The quantitative estimate of drug-likeness (QED) is 0.464. The average molecular weight is 493 g/mol. The Morgan fingerprint density at radius 3 is 2.44 bits per heavy atom. The van der Waals surface area contributed by atoms with Gasteiger partial charge in [-0.15, -0.1) is 0 Å². The molecule has 1 unspecified atom stereocenters. The van der Waals surface area contributed by atoms with E-state index in [0.29, 0.717) is 12.2 Å². The van der Waals surface area contributed by atoms with Gasteiger partial charge in [-0.1, -0.05) is 38.1 Å². The fourth-order valence-corrected chi connectivity index (χ4v) is 4.66. The number of rotatable bonds is 8. The first kappa shape index (κ1) is 25.7. The Balaban J connectivity index is 1.72. The molecule has 0 aliphatic carbocycles. The number of carbonyl (C=O) groups is 1. The molecule has 1 saturated heterocycles. The first-order chi connectivity index (χ1) is 17.4. The smallest absolute Gasteiger partial charge is 0.322 e. The van der Waals surface area contributed by atoms with E-state index in [9.17, 15) is 9.18 Å². The molecule has 1 atom stereocenters. The molecule has 1 aliphatic rings. The Morgan fingerprint density at radius 1 is 1.08 bits per heavy atom. The summed E-state index contributed by atoms with van der Waals surface area (Å²) < 4.78 is 16.0. The van der Waals surface area contributed by atoms with Crippen molar-refractivity contribution in [2.24, 2.45) is 0 Å². The zero-order valence-corrected chi connectivity index (χ0v) is 21.7. The number of nitrogens with one attached hydrogen (secondary N) is 1. The first-order valence-electron chi connectivity index (χ1n) is 12.9. The zero-order chi connectivity index (χ0) is 25.7. The van der Waals surface area contributed by atoms with Gasteiger partial charge in [-0.2, -0.15) is 5.10 Å². The molecule has 3 aromatic rings. The summed E-state index contributed by atoms with van der Waals surface area (Å²) in [7, 11) is 0. The fourth-order valence-electron chi connectivity index (χ4n) is 4.66. The summed E-state index contributed by atoms with van der Waals surface area (Å²) in [5, 5.41) is 7.90. The van der Waals surface area contributed by atoms with Crippen molar-refractivity contribution in [1.82, 2.24) is 19.6 Å². The molecule has 192 valence electrons. The van der Waals surface area contributed by atoms with Gasteiger partial charge in [0.15, 0.2) is 0 Å². The molecule has 1 aromatic heterocycles. The molecule has 2 heterocycles. The Bertz CT molecular complexity index is 1160. The number of carbonyl (C=O) groups excluding carboxylic acids is 1. The molecule has 2 amide bonds. The van der Waals surface area contributed by atoms with Crippen LogP contribution in [0.25, 0.3) is 5.69 Å². The second-order valence-electron chi connectivity index (χ2n) is 9.38. The number of amides is 2. The van der Waals surface area contributed by atoms with E-state index in [0.717, 1.165) is 61.9 Å². The lowest BCUT2D eigenvalue weighted by molar-refractivity contribution is 0.187. The lowest BCUT2D eigenvalue weighted by Gasteiger charge is -2.37. The molecule has 1 aliphatic heterocycles. The summed E-state index contributed by atoms with van der Waals surface area (Å²) in [5.41, 5.74) is 3.28. The number of nitrogens with zero attached hydrogens (tertiary/aromatic N) is 5. The number of urea groups is 1. The van der Waals surface area contributed by atoms with Crippen LogP contribution < -0.4 is 10.2 Å². The van der Waals surface area contributed by atoms with Crippen LogP contribution in [-0.2, 0) is 6.54 Å². The molecule has 7 nitrogen and oxygen atoms in total. The second-order valence-corrected chi connectivity index (χ2v) is 9.38. The van der Waals surface area contributed by atoms with E-state index in [1.165, 1.54) is 12.1 Å². The lowest BCUT2D eigenvalue weighted by Crippen LogP contribution is -2.47. The minimum atomic E-state index is -0.299. The van der Waals surface area contributed by atoms with Crippen molar-refractivity contribution in [2.45, 2.75) is 46.7 Å². The predicted molar refractivity (Wildman–Crippen MR) is 143 cm³/mol. The number of likely N-dealkylation sites (N-methyl/N-ethyl adjacent to an activating group) is 1. The van der Waals surface area contributed by atoms with Crippen LogP contribution in [0, 0.1) is 12.7 Å². The second kappa shape index (κ2) is 11.6. The molecule has 2 aromatic carbocycles. The molecule has 0 spiro atoms. The Morgan fingerprint density at radius 2 is 1.81 bits per heavy atom. The number of halogens is 1. The molecule has 0 bridgehead atoms. The molecule has 1 fully saturated rings. The molecular formula is C28H37FN6O. The van der Waals surface area contributed by atoms with Crippen molar-refractivity contribution in [3.63, 3.8) is 0 Å². The lowest BCUT2D eigenvalue weighted by atomic mass is 10.1. The van der Waals surface area contributed by atoms with Gasteiger partial charge < -0.3 is 20.0 Å². The maximum absolute atomic E-state index is 14.2. The minimum absolute atomic E-state index is 0.0235. The highest BCUT2D eigenvalue weighted by Gasteiger charge is 2.29. The Labute approximate surface area is 213 Å². The van der Waals surface area contributed by atoms with E-state index in [1.54, 1.807) is 6.07 Å². The largest absolute Gasteiger partial charge is 0.354 e. The van der Waals surface area contributed by atoms with E-state index >= 15 is 0 Å². The van der Waals surface area contributed by atoms with Crippen molar-refractivity contribution < 1.29 is 9.18 Å². The highest BCUT2D eigenvalue weighted by atomic mass is 19.1. The van der Waals surface area contributed by atoms with E-state index in [-0.39, 0.29) is 17.9 Å². The van der Waals surface area contributed by atoms with Gasteiger partial charge >= 0.3 is 6.03 Å². The third-order valence-electron chi connectivity index (χ3n) is 7.07. The van der Waals surface area contributed by atoms with Crippen LogP contribution in [0.2, 0.25) is 0 Å². The number of para-hydroxylation sites is 1. The van der Waals surface area contributed by atoms with Gasteiger partial charge in [-0.05, 0) is 57.1 Å². The Hall–Kier alpha value is -3.39. The summed E-state index contributed by atoms with van der Waals surface area (Å²) >= 11 is 0. The standard InChI is InChI=1S/C28H37FN6O/c1-5-21(3)34(28(36)30-24-12-8-7-9-13-24)20-26-22(4)31-35(25-14-10-11-23(29)19-25)27(26)33-17-15-32(6-2)16-18-33/h7-14,19,21H,5-6,15-18,20H2,1-4H3,(H,30,36). The van der Waals surface area contributed by atoms with E-state index in [4.69, 9.17) is 5.10 Å². The van der Waals surface area contributed by atoms with Crippen LogP contribution in [0.4, 0.5) is 20.7 Å². The molecule has 0 radical (unpaired) electrons. The predicted octanol–water partition coefficient (Wildman–Crippen LogP) is 5.29. The number of hydrogen-bond donors (Lipinski definition) is 1. The number of piperazine rings is 1. The maximum atomic E-state index is 14.2. The van der Waals surface area contributed by atoms with Gasteiger partial charge in [0.1, 0.15) is 11.6 Å². The maximum Gasteiger partial charge on any atom is 0.322 e. The monoisotopic (exact) mass is 492 g/mol. The summed E-state index contributed by atoms with van der Waals surface area (Å²) in [6.07, 6.45) is 0.823. The SMILES string of the molecule is CCC(C)N(Cc1c(C)nn(-c2cccc(F)c2)c1N1CCN(CC)CC1)C(=O)Nc1ccccc1. The zero-order valence-electron chi connectivity index (χ0n) is 21.7. The van der Waals surface area contributed by atoms with Crippen LogP contribution in [0.15, 0.2) is 54.6 Å². The van der Waals surface area contributed by atoms with Crippen molar-refractivity contribution >= 4 is 17.5 Å². The minimum Gasteiger partial charge on any atom is -0.354 e. The highest BCUT2D eigenvalue weighted by Crippen LogP contribution is 2.31. The van der Waals surface area contributed by atoms with Crippen molar-refractivity contribution in [3.8, 4) is 5.69 Å². The van der Waals surface area contributed by atoms with Crippen LogP contribution in [0.5, 0.6) is 0 Å². The van der Waals surface area contributed by atoms with Gasteiger partial charge in [0.05, 0.1) is 17.9 Å². The normalized spacial score (nSPS) is 15.1. The van der Waals surface area contributed by atoms with Gasteiger partial charge in [-0.25, -0.2) is 13.9 Å². The van der Waals surface area contributed by atoms with Crippen molar-refractivity contribution in [3.05, 3.63) is 71.7 Å². The van der Waals surface area contributed by atoms with E-state index in [1.807, 2.05) is 52.9 Å². The molecule has 8 heteroatoms. The van der Waals surface area contributed by atoms with Crippen LogP contribution >= 0.6 is 0 Å². The number of hydrogen-bond acceptors (Lipinski definition) is 4. The molecule has 0 saturated carbocycles. The third-order valence-corrected chi connectivity index (χ3v) is 7.07. The number of aryl methyl sites for hydroxylation is 1. The topological polar surface area (TPSA) is 56.6 Å². The summed E-state index contributed by atoms with van der Waals surface area (Å²) in [5.74, 6) is 0.641. The van der Waals surface area contributed by atoms with Crippen LogP contribution in [0.3, 0.4) is 0 Å². The van der Waals surface area contributed by atoms with Gasteiger partial charge in [0.2, 0.25) is 0 Å². The molecule has 1 N–H and O–H groups in total. The Kier molecular flexibility index (Phi) is 8.25. The number of benzene rings is 2. The number of anilines is 2. The van der Waals surface area contributed by atoms with Gasteiger partial charge in [0.25, 0.3) is 0 Å². The molecule has 36 heavy (non-hydrogen) atoms. The van der Waals surface area contributed by atoms with Crippen LogP contribution in [-0.4, -0.2) is 64.4 Å². The van der Waals surface area contributed by atoms with Crippen LogP contribution in [0.1, 0.15) is 38.4 Å². The summed E-state index contributed by atoms with van der Waals surface area (Å²) in [4.78, 5) is 20.1. The molecule has 4 rings (SSSR count). The van der Waals surface area contributed by atoms with Crippen molar-refractivity contribution in [1.29, 1.82) is 0 Å². The van der Waals surface area contributed by atoms with E-state index in [2.05, 4.69) is 35.9 Å². The fraction of sp³-hybridized carbons (Fsp3) is 0.429. The number of aromatic nitrogens is 2.